The van der Waals surface area contributed by atoms with Gasteiger partial charge in [-0.3, -0.25) is 0 Å². The van der Waals surface area contributed by atoms with Gasteiger partial charge < -0.3 is 24.6 Å². The highest BCUT2D eigenvalue weighted by atomic mass is 16.6. The lowest BCUT2D eigenvalue weighted by Gasteiger charge is -2.20. The van der Waals surface area contributed by atoms with Crippen molar-refractivity contribution in [2.24, 2.45) is 0 Å². The van der Waals surface area contributed by atoms with Crippen LogP contribution in [0.4, 0.5) is 4.79 Å². The molecule has 6 nitrogen and oxygen atoms in total. The Morgan fingerprint density at radius 2 is 1.88 bits per heavy atom. The van der Waals surface area contributed by atoms with E-state index in [2.05, 4.69) is 11.9 Å². The molecular weight excluding hydrogens is 310 g/mol. The lowest BCUT2D eigenvalue weighted by molar-refractivity contribution is 0.0528. The van der Waals surface area contributed by atoms with Gasteiger partial charge in [0.25, 0.3) is 0 Å². The van der Waals surface area contributed by atoms with Crippen LogP contribution in [0.5, 0.6) is 11.5 Å². The van der Waals surface area contributed by atoms with Crippen LogP contribution in [0.2, 0.25) is 0 Å². The molecule has 24 heavy (non-hydrogen) atoms. The van der Waals surface area contributed by atoms with Gasteiger partial charge in [0, 0.05) is 6.54 Å². The molecule has 0 aliphatic carbocycles. The molecule has 1 atom stereocenters. The molecule has 0 aromatic heterocycles. The minimum absolute atomic E-state index is 0.362. The van der Waals surface area contributed by atoms with Crippen molar-refractivity contribution in [3.05, 3.63) is 35.9 Å². The number of rotatable bonds is 7. The normalized spacial score (nSPS) is 12.2. The Hall–Kier alpha value is -2.21. The van der Waals surface area contributed by atoms with Gasteiger partial charge in [0.05, 0.1) is 20.3 Å². The topological polar surface area (TPSA) is 77.0 Å². The molecule has 0 aliphatic rings. The van der Waals surface area contributed by atoms with E-state index >= 15 is 0 Å². The summed E-state index contributed by atoms with van der Waals surface area (Å²) in [5.74, 6) is 1.09. The summed E-state index contributed by atoms with van der Waals surface area (Å²) < 4.78 is 15.8. The third kappa shape index (κ3) is 5.77. The lowest BCUT2D eigenvalue weighted by atomic mass is 9.98. The Kier molecular flexibility index (Phi) is 7.10. The van der Waals surface area contributed by atoms with Gasteiger partial charge in [-0.15, -0.1) is 6.58 Å². The highest BCUT2D eigenvalue weighted by Crippen LogP contribution is 2.33. The molecule has 1 unspecified atom stereocenters. The average Bonchev–Trinajstić information content (AvgIpc) is 2.51. The summed E-state index contributed by atoms with van der Waals surface area (Å²) in [6.45, 7) is 9.39. The van der Waals surface area contributed by atoms with Gasteiger partial charge in [-0.05, 0) is 50.5 Å². The van der Waals surface area contributed by atoms with Crippen molar-refractivity contribution in [3.63, 3.8) is 0 Å². The van der Waals surface area contributed by atoms with Crippen LogP contribution in [0.25, 0.3) is 0 Å². The molecular formula is C18H27NO5. The molecule has 6 heteroatoms. The Morgan fingerprint density at radius 1 is 1.29 bits per heavy atom. The number of benzene rings is 1. The van der Waals surface area contributed by atoms with E-state index in [1.807, 2.05) is 0 Å². The number of amides is 1. The standard InChI is InChI=1S/C18H27NO5/c1-7-14(20)13-11-16(23-6)15(22-5)10-12(13)8-9-19-17(21)24-18(2,3)4/h7,10-11,14,20H,1,8-9H2,2-6H3,(H,19,21). The Balaban J connectivity index is 2.89. The summed E-state index contributed by atoms with van der Waals surface area (Å²) in [4.78, 5) is 11.7. The number of aliphatic hydroxyl groups is 1. The van der Waals surface area contributed by atoms with Crippen molar-refractivity contribution < 1.29 is 24.1 Å². The predicted molar refractivity (Wildman–Crippen MR) is 92.6 cm³/mol. The number of hydrogen-bond acceptors (Lipinski definition) is 5. The van der Waals surface area contributed by atoms with Crippen LogP contribution >= 0.6 is 0 Å². The van der Waals surface area contributed by atoms with Gasteiger partial charge in [-0.25, -0.2) is 4.79 Å². The van der Waals surface area contributed by atoms with Gasteiger partial charge in [0.15, 0.2) is 11.5 Å². The number of hydrogen-bond donors (Lipinski definition) is 2. The van der Waals surface area contributed by atoms with Crippen molar-refractivity contribution in [1.82, 2.24) is 5.32 Å². The summed E-state index contributed by atoms with van der Waals surface area (Å²) >= 11 is 0. The van der Waals surface area contributed by atoms with Crippen molar-refractivity contribution >= 4 is 6.09 Å². The smallest absolute Gasteiger partial charge is 0.407 e. The van der Waals surface area contributed by atoms with Crippen molar-refractivity contribution in [3.8, 4) is 11.5 Å². The second-order valence-electron chi connectivity index (χ2n) is 6.27. The number of ether oxygens (including phenoxy) is 3. The van der Waals surface area contributed by atoms with Crippen LogP contribution in [0.3, 0.4) is 0 Å². The molecule has 1 amide bonds. The van der Waals surface area contributed by atoms with Gasteiger partial charge in [-0.2, -0.15) is 0 Å². The number of methoxy groups -OCH3 is 2. The predicted octanol–water partition coefficient (Wildman–Crippen LogP) is 2.99. The van der Waals surface area contributed by atoms with Crippen LogP contribution in [-0.2, 0) is 11.2 Å². The SMILES string of the molecule is C=CC(O)c1cc(OC)c(OC)cc1CCNC(=O)OC(C)(C)C. The van der Waals surface area contributed by atoms with Crippen molar-refractivity contribution in [1.29, 1.82) is 0 Å². The second-order valence-corrected chi connectivity index (χ2v) is 6.27. The van der Waals surface area contributed by atoms with Crippen LogP contribution in [0.1, 0.15) is 38.0 Å². The molecule has 0 spiro atoms. The molecule has 134 valence electrons. The van der Waals surface area contributed by atoms with E-state index < -0.39 is 17.8 Å². The first kappa shape index (κ1) is 19.8. The summed E-state index contributed by atoms with van der Waals surface area (Å²) in [5.41, 5.74) is 0.946. The number of nitrogens with one attached hydrogen (secondary N) is 1. The van der Waals surface area contributed by atoms with E-state index in [0.717, 1.165) is 5.56 Å². The summed E-state index contributed by atoms with van der Waals surface area (Å²) in [6, 6.07) is 3.51. The molecule has 0 saturated heterocycles. The van der Waals surface area contributed by atoms with Crippen LogP contribution < -0.4 is 14.8 Å². The quantitative estimate of drug-likeness (QED) is 0.748. The zero-order chi connectivity index (χ0) is 18.3. The lowest BCUT2D eigenvalue weighted by Crippen LogP contribution is -2.33. The molecule has 0 heterocycles. The zero-order valence-corrected chi connectivity index (χ0v) is 15.0. The minimum Gasteiger partial charge on any atom is -0.493 e. The highest BCUT2D eigenvalue weighted by molar-refractivity contribution is 5.67. The first-order valence-corrected chi connectivity index (χ1v) is 7.74. The van der Waals surface area contributed by atoms with Crippen molar-refractivity contribution in [2.75, 3.05) is 20.8 Å². The van der Waals surface area contributed by atoms with E-state index in [9.17, 15) is 9.90 Å². The maximum absolute atomic E-state index is 11.7. The van der Waals surface area contributed by atoms with E-state index in [1.54, 1.807) is 40.0 Å². The van der Waals surface area contributed by atoms with E-state index in [0.29, 0.717) is 30.0 Å². The molecule has 1 aromatic carbocycles. The summed E-state index contributed by atoms with van der Waals surface area (Å²) in [6.07, 6.45) is 0.626. The van der Waals surface area contributed by atoms with Crippen molar-refractivity contribution in [2.45, 2.75) is 38.9 Å². The molecule has 0 bridgehead atoms. The second kappa shape index (κ2) is 8.59. The molecule has 1 aromatic rings. The van der Waals surface area contributed by atoms with Gasteiger partial charge in [0.1, 0.15) is 5.60 Å². The first-order valence-electron chi connectivity index (χ1n) is 7.74. The highest BCUT2D eigenvalue weighted by Gasteiger charge is 2.17. The van der Waals surface area contributed by atoms with E-state index in [-0.39, 0.29) is 0 Å². The molecule has 1 rings (SSSR count). The number of alkyl carbamates (subject to hydrolysis) is 1. The van der Waals surface area contributed by atoms with E-state index in [4.69, 9.17) is 14.2 Å². The van der Waals surface area contributed by atoms with Crippen LogP contribution in [-0.4, -0.2) is 37.6 Å². The summed E-state index contributed by atoms with van der Waals surface area (Å²) in [7, 11) is 3.08. The third-order valence-electron chi connectivity index (χ3n) is 3.25. The molecule has 0 fully saturated rings. The fourth-order valence-corrected chi connectivity index (χ4v) is 2.17. The monoisotopic (exact) mass is 337 g/mol. The van der Waals surface area contributed by atoms with Crippen LogP contribution in [0.15, 0.2) is 24.8 Å². The molecule has 0 aliphatic heterocycles. The Bertz CT molecular complexity index is 578. The Labute approximate surface area is 143 Å². The van der Waals surface area contributed by atoms with Gasteiger partial charge in [-0.1, -0.05) is 6.08 Å². The van der Waals surface area contributed by atoms with Gasteiger partial charge >= 0.3 is 6.09 Å². The van der Waals surface area contributed by atoms with Gasteiger partial charge in [0.2, 0.25) is 0 Å². The van der Waals surface area contributed by atoms with E-state index in [1.165, 1.54) is 13.2 Å². The fourth-order valence-electron chi connectivity index (χ4n) is 2.17. The Morgan fingerprint density at radius 3 is 2.38 bits per heavy atom. The minimum atomic E-state index is -0.832. The van der Waals surface area contributed by atoms with Crippen LogP contribution in [0, 0.1) is 0 Å². The summed E-state index contributed by atoms with van der Waals surface area (Å²) in [5, 5.41) is 12.8. The molecule has 0 radical (unpaired) electrons. The maximum atomic E-state index is 11.7. The average molecular weight is 337 g/mol. The molecule has 0 saturated carbocycles. The number of carbonyl (C=O) groups excluding carboxylic acids is 1. The fraction of sp³-hybridized carbons (Fsp3) is 0.500. The largest absolute Gasteiger partial charge is 0.493 e. The molecule has 2 N–H and O–H groups in total. The number of aliphatic hydroxyl groups excluding tert-OH is 1. The number of carbonyl (C=O) groups is 1. The zero-order valence-electron chi connectivity index (χ0n) is 15.0. The third-order valence-corrected chi connectivity index (χ3v) is 3.25. The maximum Gasteiger partial charge on any atom is 0.407 e. The first-order chi connectivity index (χ1) is 11.2.